The van der Waals surface area contributed by atoms with Gasteiger partial charge in [-0.15, -0.1) is 0 Å². The minimum absolute atomic E-state index is 0.0869. The molecule has 1 fully saturated rings. The van der Waals surface area contributed by atoms with E-state index < -0.39 is 0 Å². The lowest BCUT2D eigenvalue weighted by molar-refractivity contribution is 0.0944. The molecule has 0 spiro atoms. The average molecular weight is 300 g/mol. The number of rotatable bonds is 4. The van der Waals surface area contributed by atoms with Crippen molar-refractivity contribution >= 4 is 11.6 Å². The molecule has 0 saturated carbocycles. The van der Waals surface area contributed by atoms with Gasteiger partial charge in [0.1, 0.15) is 11.3 Å². The molecule has 22 heavy (non-hydrogen) atoms. The van der Waals surface area contributed by atoms with Crippen LogP contribution in [-0.4, -0.2) is 46.4 Å². The van der Waals surface area contributed by atoms with E-state index >= 15 is 0 Å². The second-order valence-electron chi connectivity index (χ2n) is 6.11. The maximum absolute atomic E-state index is 12.2. The van der Waals surface area contributed by atoms with Crippen LogP contribution in [0.3, 0.4) is 0 Å². The third-order valence-corrected chi connectivity index (χ3v) is 4.26. The molecule has 2 aromatic heterocycles. The standard InChI is InChI=1S/C17H24N4O/c1-14-6-10-21-13-15(19-16(21)12-14)17(22)18-7-11-20-8-4-2-3-5-9-20/h6,10,12-13H,2-5,7-9,11H2,1H3,(H,18,22). The van der Waals surface area contributed by atoms with Crippen molar-refractivity contribution in [3.05, 3.63) is 35.8 Å². The maximum atomic E-state index is 12.2. The fraction of sp³-hybridized carbons (Fsp3) is 0.529. The van der Waals surface area contributed by atoms with Crippen molar-refractivity contribution in [2.24, 2.45) is 0 Å². The van der Waals surface area contributed by atoms with Crippen LogP contribution in [0.1, 0.15) is 41.7 Å². The van der Waals surface area contributed by atoms with E-state index in [-0.39, 0.29) is 5.91 Å². The first kappa shape index (κ1) is 15.0. The molecule has 0 aromatic carbocycles. The van der Waals surface area contributed by atoms with Crippen LogP contribution in [-0.2, 0) is 0 Å². The summed E-state index contributed by atoms with van der Waals surface area (Å²) in [5.74, 6) is -0.0869. The predicted octanol–water partition coefficient (Wildman–Crippen LogP) is 2.25. The first-order valence-electron chi connectivity index (χ1n) is 8.18. The van der Waals surface area contributed by atoms with Gasteiger partial charge in [0.05, 0.1) is 0 Å². The predicted molar refractivity (Wildman–Crippen MR) is 87.2 cm³/mol. The highest BCUT2D eigenvalue weighted by atomic mass is 16.1. The molecule has 1 aliphatic heterocycles. The molecule has 2 aromatic rings. The number of imidazole rings is 1. The summed E-state index contributed by atoms with van der Waals surface area (Å²) in [6.07, 6.45) is 8.95. The van der Waals surface area contributed by atoms with E-state index in [1.807, 2.05) is 29.7 Å². The summed E-state index contributed by atoms with van der Waals surface area (Å²) in [5, 5.41) is 2.99. The van der Waals surface area contributed by atoms with Gasteiger partial charge in [0.15, 0.2) is 0 Å². The lowest BCUT2D eigenvalue weighted by Crippen LogP contribution is -2.35. The van der Waals surface area contributed by atoms with Crippen LogP contribution in [0.25, 0.3) is 5.65 Å². The van der Waals surface area contributed by atoms with E-state index in [2.05, 4.69) is 15.2 Å². The molecule has 0 atom stereocenters. The van der Waals surface area contributed by atoms with E-state index in [0.717, 1.165) is 30.8 Å². The van der Waals surface area contributed by atoms with Gasteiger partial charge in [-0.1, -0.05) is 12.8 Å². The van der Waals surface area contributed by atoms with Crippen LogP contribution < -0.4 is 5.32 Å². The van der Waals surface area contributed by atoms with E-state index in [4.69, 9.17) is 0 Å². The zero-order chi connectivity index (χ0) is 15.4. The molecule has 0 radical (unpaired) electrons. The van der Waals surface area contributed by atoms with Gasteiger partial charge in [0.25, 0.3) is 5.91 Å². The summed E-state index contributed by atoms with van der Waals surface area (Å²) in [6.45, 7) is 5.95. The highest BCUT2D eigenvalue weighted by Gasteiger charge is 2.12. The van der Waals surface area contributed by atoms with Gasteiger partial charge in [0, 0.05) is 25.5 Å². The van der Waals surface area contributed by atoms with Crippen LogP contribution in [0, 0.1) is 6.92 Å². The second-order valence-corrected chi connectivity index (χ2v) is 6.11. The Morgan fingerprint density at radius 2 is 2.05 bits per heavy atom. The third-order valence-electron chi connectivity index (χ3n) is 4.26. The molecule has 0 aliphatic carbocycles. The van der Waals surface area contributed by atoms with E-state index in [1.165, 1.54) is 25.7 Å². The molecule has 3 heterocycles. The molecule has 1 N–H and O–H groups in total. The number of nitrogens with zero attached hydrogens (tertiary/aromatic N) is 3. The van der Waals surface area contributed by atoms with Crippen molar-refractivity contribution in [2.75, 3.05) is 26.2 Å². The summed E-state index contributed by atoms with van der Waals surface area (Å²) in [4.78, 5) is 19.0. The van der Waals surface area contributed by atoms with Gasteiger partial charge in [-0.25, -0.2) is 4.98 Å². The minimum atomic E-state index is -0.0869. The summed E-state index contributed by atoms with van der Waals surface area (Å²) in [6, 6.07) is 3.99. The molecular weight excluding hydrogens is 276 g/mol. The van der Waals surface area contributed by atoms with Gasteiger partial charge in [-0.2, -0.15) is 0 Å². The number of carbonyl (C=O) groups excluding carboxylic acids is 1. The summed E-state index contributed by atoms with van der Waals surface area (Å²) in [5.41, 5.74) is 2.45. The Morgan fingerprint density at radius 3 is 2.82 bits per heavy atom. The number of carbonyl (C=O) groups is 1. The summed E-state index contributed by atoms with van der Waals surface area (Å²) in [7, 11) is 0. The number of amides is 1. The average Bonchev–Trinajstić information content (AvgIpc) is 2.75. The number of aryl methyl sites for hydroxylation is 1. The van der Waals surface area contributed by atoms with Gasteiger partial charge < -0.3 is 14.6 Å². The molecular formula is C17H24N4O. The Kier molecular flexibility index (Phi) is 4.73. The minimum Gasteiger partial charge on any atom is -0.349 e. The Balaban J connectivity index is 1.54. The maximum Gasteiger partial charge on any atom is 0.271 e. The van der Waals surface area contributed by atoms with Crippen molar-refractivity contribution in [3.8, 4) is 0 Å². The fourth-order valence-electron chi connectivity index (χ4n) is 2.97. The Hall–Kier alpha value is -1.88. The molecule has 1 aliphatic rings. The van der Waals surface area contributed by atoms with Crippen LogP contribution in [0.4, 0.5) is 0 Å². The zero-order valence-corrected chi connectivity index (χ0v) is 13.2. The molecule has 0 bridgehead atoms. The fourth-order valence-corrected chi connectivity index (χ4v) is 2.97. The Morgan fingerprint density at radius 1 is 1.27 bits per heavy atom. The molecule has 118 valence electrons. The number of hydrogen-bond acceptors (Lipinski definition) is 3. The first-order valence-corrected chi connectivity index (χ1v) is 8.18. The Bertz CT molecular complexity index is 641. The lowest BCUT2D eigenvalue weighted by Gasteiger charge is -2.19. The molecule has 3 rings (SSSR count). The number of aromatic nitrogens is 2. The van der Waals surface area contributed by atoms with Crippen LogP contribution in [0.15, 0.2) is 24.5 Å². The van der Waals surface area contributed by atoms with E-state index in [1.54, 1.807) is 6.20 Å². The summed E-state index contributed by atoms with van der Waals surface area (Å²) >= 11 is 0. The molecule has 5 nitrogen and oxygen atoms in total. The van der Waals surface area contributed by atoms with Crippen LogP contribution in [0.5, 0.6) is 0 Å². The summed E-state index contributed by atoms with van der Waals surface area (Å²) < 4.78 is 1.89. The van der Waals surface area contributed by atoms with Crippen molar-refractivity contribution in [1.29, 1.82) is 0 Å². The number of fused-ring (bicyclic) bond motifs is 1. The van der Waals surface area contributed by atoms with Crippen LogP contribution >= 0.6 is 0 Å². The van der Waals surface area contributed by atoms with E-state index in [9.17, 15) is 4.79 Å². The number of pyridine rings is 1. The topological polar surface area (TPSA) is 49.6 Å². The van der Waals surface area contributed by atoms with Crippen molar-refractivity contribution in [3.63, 3.8) is 0 Å². The van der Waals surface area contributed by atoms with E-state index in [0.29, 0.717) is 12.2 Å². The number of likely N-dealkylation sites (tertiary alicyclic amines) is 1. The molecule has 1 amide bonds. The van der Waals surface area contributed by atoms with Crippen molar-refractivity contribution in [1.82, 2.24) is 19.6 Å². The molecule has 1 saturated heterocycles. The Labute approximate surface area is 131 Å². The third kappa shape index (κ3) is 3.65. The van der Waals surface area contributed by atoms with Crippen LogP contribution in [0.2, 0.25) is 0 Å². The monoisotopic (exact) mass is 300 g/mol. The molecule has 5 heteroatoms. The highest BCUT2D eigenvalue weighted by Crippen LogP contribution is 2.09. The molecule has 0 unspecified atom stereocenters. The lowest BCUT2D eigenvalue weighted by atomic mass is 10.2. The van der Waals surface area contributed by atoms with Crippen molar-refractivity contribution < 1.29 is 4.79 Å². The SMILES string of the molecule is Cc1ccn2cc(C(=O)NCCN3CCCCCC3)nc2c1. The zero-order valence-electron chi connectivity index (χ0n) is 13.2. The highest BCUT2D eigenvalue weighted by molar-refractivity contribution is 5.92. The quantitative estimate of drug-likeness (QED) is 0.942. The van der Waals surface area contributed by atoms with Gasteiger partial charge in [-0.3, -0.25) is 4.79 Å². The second kappa shape index (κ2) is 6.92. The first-order chi connectivity index (χ1) is 10.7. The number of hydrogen-bond donors (Lipinski definition) is 1. The largest absolute Gasteiger partial charge is 0.349 e. The van der Waals surface area contributed by atoms with Gasteiger partial charge >= 0.3 is 0 Å². The van der Waals surface area contributed by atoms with Gasteiger partial charge in [0.2, 0.25) is 0 Å². The van der Waals surface area contributed by atoms with Crippen molar-refractivity contribution in [2.45, 2.75) is 32.6 Å². The number of nitrogens with one attached hydrogen (secondary N) is 1. The van der Waals surface area contributed by atoms with Gasteiger partial charge in [-0.05, 0) is 50.6 Å². The smallest absolute Gasteiger partial charge is 0.271 e. The normalized spacial score (nSPS) is 16.6.